The Labute approximate surface area is 305 Å². The third kappa shape index (κ3) is 7.79. The van der Waals surface area contributed by atoms with Crippen molar-refractivity contribution in [3.63, 3.8) is 0 Å². The first kappa shape index (κ1) is 39.8. The van der Waals surface area contributed by atoms with Crippen molar-refractivity contribution in [3.8, 4) is 17.2 Å². The van der Waals surface area contributed by atoms with E-state index in [0.717, 1.165) is 0 Å². The fourth-order valence-electron chi connectivity index (χ4n) is 7.48. The molecule has 2 aromatic carbocycles. The number of Topliss-reactive ketones (excluding diaryl/α,β-unsaturated/α-hetero) is 1. The van der Waals surface area contributed by atoms with Gasteiger partial charge in [-0.2, -0.15) is 0 Å². The number of esters is 2. The second-order valence-electron chi connectivity index (χ2n) is 13.7. The van der Waals surface area contributed by atoms with Crippen LogP contribution in [0.25, 0.3) is 0 Å². The molecule has 2 aliphatic carbocycles. The van der Waals surface area contributed by atoms with E-state index in [0.29, 0.717) is 19.4 Å². The summed E-state index contributed by atoms with van der Waals surface area (Å²) in [6, 6.07) is 3.80. The molecule has 16 nitrogen and oxygen atoms in total. The number of hydrogen-bond donors (Lipinski definition) is 5. The molecule has 53 heavy (non-hydrogen) atoms. The van der Waals surface area contributed by atoms with Gasteiger partial charge in [0.05, 0.1) is 42.1 Å². The average Bonchev–Trinajstić information content (AvgIpc) is 3.10. The molecule has 0 spiro atoms. The van der Waals surface area contributed by atoms with Gasteiger partial charge in [0.2, 0.25) is 12.1 Å². The highest BCUT2D eigenvalue weighted by molar-refractivity contribution is 6.31. The van der Waals surface area contributed by atoms with Crippen LogP contribution in [0.3, 0.4) is 0 Å². The topological polar surface area (TPSA) is 236 Å². The van der Waals surface area contributed by atoms with E-state index in [9.17, 15) is 49.5 Å². The lowest BCUT2D eigenvalue weighted by molar-refractivity contribution is -0.257. The van der Waals surface area contributed by atoms with E-state index < -0.39 is 114 Å². The number of phenolic OH excluding ortho intramolecular Hbond substituents is 2. The van der Waals surface area contributed by atoms with Gasteiger partial charge >= 0.3 is 11.9 Å². The fourth-order valence-corrected chi connectivity index (χ4v) is 7.48. The van der Waals surface area contributed by atoms with E-state index in [1.807, 2.05) is 4.90 Å². The van der Waals surface area contributed by atoms with Crippen molar-refractivity contribution in [3.05, 3.63) is 51.6 Å². The summed E-state index contributed by atoms with van der Waals surface area (Å²) in [5.74, 6) is -5.11. The van der Waals surface area contributed by atoms with Gasteiger partial charge in [-0.25, -0.2) is 0 Å². The monoisotopic (exact) mass is 743 g/mol. The van der Waals surface area contributed by atoms with Gasteiger partial charge in [0.15, 0.2) is 17.9 Å². The molecule has 6 atom stereocenters. The van der Waals surface area contributed by atoms with Crippen molar-refractivity contribution in [1.29, 1.82) is 0 Å². The fraction of sp³-hybridized carbons (Fsp3) is 0.541. The Kier molecular flexibility index (Phi) is 11.9. The van der Waals surface area contributed by atoms with E-state index in [-0.39, 0.29) is 40.8 Å². The SMILES string of the molecule is COc1cccc2c1C(=O)c1c(O)c3c(c(O)c1C2=O)C[C@@](O)(C(=O)CO)C[C@@H]3O[C@H]1C[C@H](N(C)CCCCC(OC(C)=O)OC(C)=O)[C@H](O)[C@H](C)O1. The highest BCUT2D eigenvalue weighted by Gasteiger charge is 2.50. The van der Waals surface area contributed by atoms with Crippen LogP contribution in [-0.4, -0.2) is 123 Å². The number of ketones is 3. The number of benzene rings is 2. The van der Waals surface area contributed by atoms with Crippen molar-refractivity contribution in [2.75, 3.05) is 27.3 Å². The molecule has 0 aromatic heterocycles. The first-order chi connectivity index (χ1) is 25.0. The van der Waals surface area contributed by atoms with E-state index in [1.54, 1.807) is 14.0 Å². The summed E-state index contributed by atoms with van der Waals surface area (Å²) >= 11 is 0. The number of aromatic hydroxyl groups is 2. The van der Waals surface area contributed by atoms with Gasteiger partial charge in [-0.15, -0.1) is 0 Å². The first-order valence-electron chi connectivity index (χ1n) is 17.3. The number of carbonyl (C=O) groups is 5. The summed E-state index contributed by atoms with van der Waals surface area (Å²) in [7, 11) is 3.09. The number of carbonyl (C=O) groups excluding carboxylic acids is 5. The van der Waals surface area contributed by atoms with Gasteiger partial charge in [0.25, 0.3) is 0 Å². The summed E-state index contributed by atoms with van der Waals surface area (Å²) in [5.41, 5.74) is -3.85. The van der Waals surface area contributed by atoms with E-state index in [1.165, 1.54) is 39.2 Å². The number of likely N-dealkylation sites (N-methyl/N-ethyl adjacent to an activating group) is 1. The van der Waals surface area contributed by atoms with Crippen molar-refractivity contribution in [1.82, 2.24) is 4.90 Å². The molecule has 0 amide bonds. The summed E-state index contributed by atoms with van der Waals surface area (Å²) in [6.07, 6.45) is -5.05. The molecule has 16 heteroatoms. The Balaban J connectivity index is 1.43. The maximum absolute atomic E-state index is 13.9. The molecular weight excluding hydrogens is 698 g/mol. The Hall–Kier alpha value is -4.45. The van der Waals surface area contributed by atoms with Gasteiger partial charge in [-0.1, -0.05) is 12.1 Å². The van der Waals surface area contributed by atoms with Gasteiger partial charge in [-0.3, -0.25) is 24.0 Å². The van der Waals surface area contributed by atoms with E-state index in [4.69, 9.17) is 23.7 Å². The zero-order valence-electron chi connectivity index (χ0n) is 30.1. The number of hydrogen-bond acceptors (Lipinski definition) is 16. The number of fused-ring (bicyclic) bond motifs is 3. The first-order valence-corrected chi connectivity index (χ1v) is 17.3. The number of phenols is 2. The molecule has 3 aliphatic rings. The van der Waals surface area contributed by atoms with Crippen molar-refractivity contribution in [2.24, 2.45) is 0 Å². The molecule has 1 aliphatic heterocycles. The van der Waals surface area contributed by atoms with Gasteiger partial charge in [0, 0.05) is 62.3 Å². The van der Waals surface area contributed by atoms with Crippen LogP contribution in [0.15, 0.2) is 18.2 Å². The Morgan fingerprint density at radius 2 is 1.68 bits per heavy atom. The molecule has 0 radical (unpaired) electrons. The lowest BCUT2D eigenvalue weighted by Crippen LogP contribution is -2.55. The summed E-state index contributed by atoms with van der Waals surface area (Å²) in [5, 5.41) is 55.8. The van der Waals surface area contributed by atoms with Crippen LogP contribution in [0, 0.1) is 0 Å². The molecule has 5 rings (SSSR count). The molecule has 5 N–H and O–H groups in total. The molecule has 1 heterocycles. The maximum atomic E-state index is 13.9. The predicted octanol–water partition coefficient (Wildman–Crippen LogP) is 1.60. The molecule has 2 aromatic rings. The smallest absolute Gasteiger partial charge is 0.305 e. The number of ether oxygens (including phenoxy) is 5. The molecule has 0 unspecified atom stereocenters. The third-order valence-electron chi connectivity index (χ3n) is 10.1. The molecule has 0 saturated carbocycles. The number of methoxy groups -OCH3 is 1. The number of aliphatic hydroxyl groups excluding tert-OH is 2. The van der Waals surface area contributed by atoms with Gasteiger partial charge in [-0.05, 0) is 39.4 Å². The summed E-state index contributed by atoms with van der Waals surface area (Å²) in [4.78, 5) is 65.3. The van der Waals surface area contributed by atoms with Crippen LogP contribution in [-0.2, 0) is 39.8 Å². The Bertz CT molecular complexity index is 1780. The standard InChI is InChI=1S/C37H45NO15/c1-17-32(43)22(38(4)12-7-6-11-26(51-18(2)40)52-19(3)41)13-27(50-17)53-24-15-37(48,25(42)16-39)14-21-29(24)36(47)31-30(34(21)45)33(44)20-9-8-10-23(49-5)28(20)35(31)46/h8-10,17,22,24,26-27,32,39,43,45,47-48H,6-7,11-16H2,1-5H3/t17-,22-,24-,27-,32+,37-/m0/s1. The van der Waals surface area contributed by atoms with Crippen LogP contribution in [0.1, 0.15) is 102 Å². The molecule has 1 saturated heterocycles. The van der Waals surface area contributed by atoms with Crippen LogP contribution in [0.4, 0.5) is 0 Å². The molecule has 0 bridgehead atoms. The second-order valence-corrected chi connectivity index (χ2v) is 13.7. The lowest BCUT2D eigenvalue weighted by Gasteiger charge is -2.44. The zero-order valence-corrected chi connectivity index (χ0v) is 30.1. The van der Waals surface area contributed by atoms with Crippen LogP contribution >= 0.6 is 0 Å². The molecular formula is C37H45NO15. The largest absolute Gasteiger partial charge is 0.507 e. The van der Waals surface area contributed by atoms with Gasteiger partial charge < -0.3 is 54.1 Å². The molecule has 1 fully saturated rings. The van der Waals surface area contributed by atoms with Crippen LogP contribution in [0.2, 0.25) is 0 Å². The van der Waals surface area contributed by atoms with Gasteiger partial charge in [0.1, 0.15) is 29.5 Å². The average molecular weight is 744 g/mol. The Morgan fingerprint density at radius 1 is 1.02 bits per heavy atom. The summed E-state index contributed by atoms with van der Waals surface area (Å²) in [6.45, 7) is 3.44. The minimum Gasteiger partial charge on any atom is -0.507 e. The van der Waals surface area contributed by atoms with E-state index >= 15 is 0 Å². The van der Waals surface area contributed by atoms with Crippen molar-refractivity contribution < 1.29 is 73.2 Å². The number of unbranched alkanes of at least 4 members (excludes halogenated alkanes) is 1. The van der Waals surface area contributed by atoms with Crippen molar-refractivity contribution in [2.45, 2.75) is 102 Å². The predicted molar refractivity (Wildman–Crippen MR) is 181 cm³/mol. The number of nitrogens with zero attached hydrogens (tertiary/aromatic N) is 1. The van der Waals surface area contributed by atoms with Crippen molar-refractivity contribution >= 4 is 29.3 Å². The Morgan fingerprint density at radius 3 is 2.30 bits per heavy atom. The van der Waals surface area contributed by atoms with Crippen LogP contribution in [0.5, 0.6) is 17.2 Å². The normalized spacial score (nSPS) is 25.1. The lowest BCUT2D eigenvalue weighted by atomic mass is 9.72. The second kappa shape index (κ2) is 15.9. The molecule has 288 valence electrons. The zero-order chi connectivity index (χ0) is 38.9. The third-order valence-corrected chi connectivity index (χ3v) is 10.1. The summed E-state index contributed by atoms with van der Waals surface area (Å²) < 4.78 is 27.7. The number of aliphatic hydroxyl groups is 3. The minimum atomic E-state index is -2.31. The number of rotatable bonds is 13. The quantitative estimate of drug-likeness (QED) is 0.0724. The minimum absolute atomic E-state index is 0.0589. The highest BCUT2D eigenvalue weighted by atomic mass is 16.7. The van der Waals surface area contributed by atoms with E-state index in [2.05, 4.69) is 0 Å². The maximum Gasteiger partial charge on any atom is 0.305 e. The highest BCUT2D eigenvalue weighted by Crippen LogP contribution is 2.52. The van der Waals surface area contributed by atoms with Crippen LogP contribution < -0.4 is 4.74 Å².